The second-order valence-corrected chi connectivity index (χ2v) is 2.07. The predicted octanol–water partition coefficient (Wildman–Crippen LogP) is -0.622. The topological polar surface area (TPSA) is 73.6 Å². The maximum atomic E-state index is 10.5. The van der Waals surface area contributed by atoms with Crippen LogP contribution in [0.1, 0.15) is 18.8 Å². The zero-order valence-electron chi connectivity index (χ0n) is 5.93. The van der Waals surface area contributed by atoms with Crippen molar-refractivity contribution >= 4 is 0 Å². The van der Waals surface area contributed by atoms with Gasteiger partial charge in [0.15, 0.2) is 0 Å². The molecule has 0 aliphatic heterocycles. The van der Waals surface area contributed by atoms with E-state index in [0.717, 1.165) is 0 Å². The lowest BCUT2D eigenvalue weighted by Crippen LogP contribution is -2.14. The SMILES string of the molecule is CNC(C)c1n[nH]c(=O)[nH]1. The summed E-state index contributed by atoms with van der Waals surface area (Å²) in [6.07, 6.45) is 0. The Labute approximate surface area is 57.9 Å². The lowest BCUT2D eigenvalue weighted by atomic mass is 10.3. The fraction of sp³-hybridized carbons (Fsp3) is 0.600. The van der Waals surface area contributed by atoms with E-state index in [2.05, 4.69) is 20.5 Å². The van der Waals surface area contributed by atoms with E-state index in [0.29, 0.717) is 5.82 Å². The maximum absolute atomic E-state index is 10.5. The average molecular weight is 142 g/mol. The summed E-state index contributed by atoms with van der Waals surface area (Å²) >= 11 is 0. The molecular formula is C5H10N4O. The highest BCUT2D eigenvalue weighted by Gasteiger charge is 2.04. The van der Waals surface area contributed by atoms with Crippen molar-refractivity contribution in [1.29, 1.82) is 0 Å². The molecule has 1 aromatic heterocycles. The minimum atomic E-state index is -0.267. The Morgan fingerprint density at radius 2 is 2.40 bits per heavy atom. The molecule has 0 amide bonds. The van der Waals surface area contributed by atoms with E-state index in [9.17, 15) is 4.79 Å². The molecule has 1 atom stereocenters. The van der Waals surface area contributed by atoms with Crippen LogP contribution in [0.25, 0.3) is 0 Å². The van der Waals surface area contributed by atoms with Crippen LogP contribution < -0.4 is 11.0 Å². The maximum Gasteiger partial charge on any atom is 0.340 e. The van der Waals surface area contributed by atoms with E-state index >= 15 is 0 Å². The van der Waals surface area contributed by atoms with Gasteiger partial charge in [-0.05, 0) is 14.0 Å². The zero-order valence-corrected chi connectivity index (χ0v) is 5.93. The lowest BCUT2D eigenvalue weighted by Gasteiger charge is -2.02. The van der Waals surface area contributed by atoms with Gasteiger partial charge in [-0.15, -0.1) is 0 Å². The van der Waals surface area contributed by atoms with Crippen LogP contribution in [0.2, 0.25) is 0 Å². The van der Waals surface area contributed by atoms with Gasteiger partial charge in [-0.25, -0.2) is 9.89 Å². The van der Waals surface area contributed by atoms with Crippen LogP contribution >= 0.6 is 0 Å². The number of nitrogens with one attached hydrogen (secondary N) is 3. The summed E-state index contributed by atoms with van der Waals surface area (Å²) in [7, 11) is 1.80. The predicted molar refractivity (Wildman–Crippen MR) is 36.7 cm³/mol. The van der Waals surface area contributed by atoms with Crippen LogP contribution in [-0.4, -0.2) is 22.2 Å². The van der Waals surface area contributed by atoms with E-state index < -0.39 is 0 Å². The van der Waals surface area contributed by atoms with Gasteiger partial charge in [0.1, 0.15) is 5.82 Å². The van der Waals surface area contributed by atoms with Gasteiger partial charge >= 0.3 is 5.69 Å². The Morgan fingerprint density at radius 3 is 2.80 bits per heavy atom. The van der Waals surface area contributed by atoms with Crippen molar-refractivity contribution in [2.24, 2.45) is 0 Å². The van der Waals surface area contributed by atoms with E-state index in [1.165, 1.54) is 0 Å². The summed E-state index contributed by atoms with van der Waals surface area (Å²) in [5.74, 6) is 0.632. The molecule has 0 aliphatic carbocycles. The molecule has 5 nitrogen and oxygen atoms in total. The number of hydrogen-bond donors (Lipinski definition) is 3. The van der Waals surface area contributed by atoms with Gasteiger partial charge in [0.2, 0.25) is 0 Å². The Balaban J connectivity index is 2.84. The smallest absolute Gasteiger partial charge is 0.311 e. The molecule has 3 N–H and O–H groups in total. The van der Waals surface area contributed by atoms with Crippen molar-refractivity contribution in [1.82, 2.24) is 20.5 Å². The first kappa shape index (κ1) is 7.01. The Morgan fingerprint density at radius 1 is 1.70 bits per heavy atom. The number of aromatic nitrogens is 3. The van der Waals surface area contributed by atoms with Crippen LogP contribution in [0.5, 0.6) is 0 Å². The second-order valence-electron chi connectivity index (χ2n) is 2.07. The number of aromatic amines is 2. The second kappa shape index (κ2) is 2.66. The molecule has 0 radical (unpaired) electrons. The van der Waals surface area contributed by atoms with Gasteiger partial charge in [0.25, 0.3) is 0 Å². The first-order valence-electron chi connectivity index (χ1n) is 3.06. The van der Waals surface area contributed by atoms with Crippen LogP contribution in [0, 0.1) is 0 Å². The monoisotopic (exact) mass is 142 g/mol. The number of H-pyrrole nitrogens is 2. The summed E-state index contributed by atoms with van der Waals surface area (Å²) in [5.41, 5.74) is -0.267. The third-order valence-electron chi connectivity index (χ3n) is 1.36. The van der Waals surface area contributed by atoms with Crippen molar-refractivity contribution in [3.8, 4) is 0 Å². The molecule has 1 aromatic rings. The summed E-state index contributed by atoms with van der Waals surface area (Å²) in [6.45, 7) is 1.91. The highest BCUT2D eigenvalue weighted by molar-refractivity contribution is 4.87. The van der Waals surface area contributed by atoms with Crippen molar-refractivity contribution in [3.05, 3.63) is 16.3 Å². The molecule has 10 heavy (non-hydrogen) atoms. The normalized spacial score (nSPS) is 13.4. The molecule has 56 valence electrons. The van der Waals surface area contributed by atoms with E-state index in [4.69, 9.17) is 0 Å². The summed E-state index contributed by atoms with van der Waals surface area (Å²) < 4.78 is 0. The van der Waals surface area contributed by atoms with E-state index in [1.54, 1.807) is 7.05 Å². The van der Waals surface area contributed by atoms with Crippen LogP contribution in [-0.2, 0) is 0 Å². The molecule has 0 saturated carbocycles. The van der Waals surface area contributed by atoms with Gasteiger partial charge < -0.3 is 5.32 Å². The van der Waals surface area contributed by atoms with Gasteiger partial charge in [-0.2, -0.15) is 5.10 Å². The third kappa shape index (κ3) is 1.24. The first-order chi connectivity index (χ1) is 4.74. The molecule has 0 saturated heterocycles. The molecule has 1 rings (SSSR count). The molecular weight excluding hydrogens is 132 g/mol. The van der Waals surface area contributed by atoms with Crippen molar-refractivity contribution in [2.45, 2.75) is 13.0 Å². The lowest BCUT2D eigenvalue weighted by molar-refractivity contribution is 0.613. The summed E-state index contributed by atoms with van der Waals surface area (Å²) in [5, 5.41) is 8.96. The van der Waals surface area contributed by atoms with Gasteiger partial charge in [-0.3, -0.25) is 4.98 Å². The fourth-order valence-electron chi connectivity index (χ4n) is 0.625. The average Bonchev–Trinajstić information content (AvgIpc) is 2.34. The van der Waals surface area contributed by atoms with Crippen LogP contribution in [0.3, 0.4) is 0 Å². The molecule has 1 heterocycles. The number of nitrogens with zero attached hydrogens (tertiary/aromatic N) is 1. The molecule has 0 aromatic carbocycles. The first-order valence-corrected chi connectivity index (χ1v) is 3.06. The fourth-order valence-corrected chi connectivity index (χ4v) is 0.625. The number of hydrogen-bond acceptors (Lipinski definition) is 3. The van der Waals surface area contributed by atoms with E-state index in [1.807, 2.05) is 6.92 Å². The van der Waals surface area contributed by atoms with E-state index in [-0.39, 0.29) is 11.7 Å². The quantitative estimate of drug-likeness (QED) is 0.515. The number of rotatable bonds is 2. The summed E-state index contributed by atoms with van der Waals surface area (Å²) in [4.78, 5) is 13.1. The minimum Gasteiger partial charge on any atom is -0.311 e. The van der Waals surface area contributed by atoms with Gasteiger partial charge in [-0.1, -0.05) is 0 Å². The molecule has 0 spiro atoms. The molecule has 0 aliphatic rings. The van der Waals surface area contributed by atoms with Gasteiger partial charge in [0, 0.05) is 0 Å². The largest absolute Gasteiger partial charge is 0.340 e. The summed E-state index contributed by atoms with van der Waals surface area (Å²) in [6, 6.07) is 0.0824. The minimum absolute atomic E-state index is 0.0824. The highest BCUT2D eigenvalue weighted by Crippen LogP contribution is 1.99. The Kier molecular flexibility index (Phi) is 1.86. The molecule has 5 heteroatoms. The van der Waals surface area contributed by atoms with Crippen LogP contribution in [0.15, 0.2) is 4.79 Å². The van der Waals surface area contributed by atoms with Crippen LogP contribution in [0.4, 0.5) is 0 Å². The third-order valence-corrected chi connectivity index (χ3v) is 1.36. The van der Waals surface area contributed by atoms with Crippen molar-refractivity contribution < 1.29 is 0 Å². The Hall–Kier alpha value is -1.10. The standard InChI is InChI=1S/C5H10N4O/c1-3(6-2)4-7-5(10)9-8-4/h3,6H,1-2H3,(H2,7,8,9,10). The highest BCUT2D eigenvalue weighted by atomic mass is 16.1. The molecule has 1 unspecified atom stereocenters. The van der Waals surface area contributed by atoms with Crippen molar-refractivity contribution in [2.75, 3.05) is 7.05 Å². The molecule has 0 fully saturated rings. The Bertz CT molecular complexity index is 250. The van der Waals surface area contributed by atoms with Crippen molar-refractivity contribution in [3.63, 3.8) is 0 Å². The zero-order chi connectivity index (χ0) is 7.56. The van der Waals surface area contributed by atoms with Gasteiger partial charge in [0.05, 0.1) is 6.04 Å². The molecule has 0 bridgehead atoms.